The molecule has 2 aliphatic heterocycles. The van der Waals surface area contributed by atoms with Gasteiger partial charge in [-0.15, -0.1) is 0 Å². The first kappa shape index (κ1) is 20.1. The van der Waals surface area contributed by atoms with E-state index in [4.69, 9.17) is 24.7 Å². The fourth-order valence-corrected chi connectivity index (χ4v) is 4.49. The first-order valence-electron chi connectivity index (χ1n) is 11.3. The van der Waals surface area contributed by atoms with Crippen LogP contribution in [0, 0.1) is 0 Å². The number of aromatic hydroxyl groups is 1. The smallest absolute Gasteiger partial charge is 0.215 e. The number of hydrogen-bond acceptors (Lipinski definition) is 8. The Morgan fingerprint density at radius 3 is 2.45 bits per heavy atom. The van der Waals surface area contributed by atoms with Crippen LogP contribution in [0.25, 0.3) is 22.7 Å². The summed E-state index contributed by atoms with van der Waals surface area (Å²) >= 11 is 0. The molecule has 4 aromatic heterocycles. The highest BCUT2D eigenvalue weighted by Crippen LogP contribution is 2.31. The highest BCUT2D eigenvalue weighted by Gasteiger charge is 2.23. The monoisotopic (exact) mass is 447 g/mol. The van der Waals surface area contributed by atoms with E-state index in [0.717, 1.165) is 61.9 Å². The summed E-state index contributed by atoms with van der Waals surface area (Å²) in [6.45, 7) is 4.24. The molecule has 170 valence electrons. The predicted molar refractivity (Wildman–Crippen MR) is 121 cm³/mol. The highest BCUT2D eigenvalue weighted by molar-refractivity contribution is 5.66. The summed E-state index contributed by atoms with van der Waals surface area (Å²) in [6.07, 6.45) is 5.31. The van der Waals surface area contributed by atoms with Crippen molar-refractivity contribution in [1.29, 1.82) is 0 Å². The molecule has 33 heavy (non-hydrogen) atoms. The molecule has 1 N–H and O–H groups in total. The molecule has 0 aliphatic carbocycles. The van der Waals surface area contributed by atoms with Gasteiger partial charge in [0.2, 0.25) is 5.88 Å². The maximum atomic E-state index is 10.7. The van der Waals surface area contributed by atoms with Crippen LogP contribution in [0.15, 0.2) is 42.7 Å². The van der Waals surface area contributed by atoms with Crippen molar-refractivity contribution in [2.45, 2.75) is 18.8 Å². The van der Waals surface area contributed by atoms with Crippen molar-refractivity contribution >= 4 is 11.5 Å². The lowest BCUT2D eigenvalue weighted by atomic mass is 9.97. The summed E-state index contributed by atoms with van der Waals surface area (Å²) in [4.78, 5) is 11.1. The minimum absolute atomic E-state index is 0.0788. The third-order valence-electron chi connectivity index (χ3n) is 6.27. The average molecular weight is 447 g/mol. The molecule has 10 nitrogen and oxygen atoms in total. The van der Waals surface area contributed by atoms with E-state index >= 15 is 0 Å². The van der Waals surface area contributed by atoms with Gasteiger partial charge in [0.05, 0.1) is 24.6 Å². The summed E-state index contributed by atoms with van der Waals surface area (Å²) < 4.78 is 14.4. The molecule has 0 amide bonds. The zero-order valence-corrected chi connectivity index (χ0v) is 18.2. The molecule has 0 unspecified atom stereocenters. The standard InChI is InChI=1S/C23H25N7O3/c31-23-14-19(17-3-9-32-10-4-17)27-30(23)21-15-22(28-7-11-33-12-8-28)29-20(25-21)13-18(26-29)16-1-5-24-6-2-16/h1-2,5-6,13-15,17,31H,3-4,7-12H2. The number of pyridine rings is 1. The summed E-state index contributed by atoms with van der Waals surface area (Å²) in [5.41, 5.74) is 3.33. The lowest BCUT2D eigenvalue weighted by molar-refractivity contribution is 0.0844. The van der Waals surface area contributed by atoms with Crippen LogP contribution in [0.3, 0.4) is 0 Å². The summed E-state index contributed by atoms with van der Waals surface area (Å²) in [7, 11) is 0. The fourth-order valence-electron chi connectivity index (χ4n) is 4.49. The third-order valence-corrected chi connectivity index (χ3v) is 6.27. The van der Waals surface area contributed by atoms with Gasteiger partial charge in [0.1, 0.15) is 5.82 Å². The van der Waals surface area contributed by atoms with Gasteiger partial charge < -0.3 is 19.5 Å². The van der Waals surface area contributed by atoms with Crippen molar-refractivity contribution in [3.63, 3.8) is 0 Å². The van der Waals surface area contributed by atoms with E-state index in [-0.39, 0.29) is 11.8 Å². The second kappa shape index (κ2) is 8.45. The molecule has 6 rings (SSSR count). The first-order valence-corrected chi connectivity index (χ1v) is 11.3. The zero-order valence-electron chi connectivity index (χ0n) is 18.2. The van der Waals surface area contributed by atoms with Gasteiger partial charge in [-0.25, -0.2) is 4.98 Å². The molecule has 0 saturated carbocycles. The van der Waals surface area contributed by atoms with Gasteiger partial charge in [0, 0.05) is 68.4 Å². The largest absolute Gasteiger partial charge is 0.493 e. The van der Waals surface area contributed by atoms with Gasteiger partial charge in [-0.05, 0) is 25.0 Å². The van der Waals surface area contributed by atoms with E-state index in [1.165, 1.54) is 4.68 Å². The molecule has 6 heterocycles. The maximum Gasteiger partial charge on any atom is 0.215 e. The van der Waals surface area contributed by atoms with Crippen LogP contribution in [-0.2, 0) is 9.47 Å². The Bertz CT molecular complexity index is 1260. The Balaban J connectivity index is 1.46. The number of ether oxygens (including phenoxy) is 2. The number of aromatic nitrogens is 6. The van der Waals surface area contributed by atoms with Crippen LogP contribution in [0.1, 0.15) is 24.5 Å². The molecule has 0 bridgehead atoms. The van der Waals surface area contributed by atoms with Crippen molar-refractivity contribution in [3.05, 3.63) is 48.4 Å². The van der Waals surface area contributed by atoms with Crippen LogP contribution >= 0.6 is 0 Å². The van der Waals surface area contributed by atoms with E-state index in [1.54, 1.807) is 18.5 Å². The van der Waals surface area contributed by atoms with Gasteiger partial charge in [-0.1, -0.05) is 0 Å². The number of hydrogen-bond donors (Lipinski definition) is 1. The topological polar surface area (TPSA) is 103 Å². The van der Waals surface area contributed by atoms with Gasteiger partial charge in [-0.3, -0.25) is 4.98 Å². The van der Waals surface area contributed by atoms with E-state index in [9.17, 15) is 5.11 Å². The van der Waals surface area contributed by atoms with Crippen molar-refractivity contribution in [2.24, 2.45) is 0 Å². The Kier molecular flexibility index (Phi) is 5.16. The molecule has 0 radical (unpaired) electrons. The fraction of sp³-hybridized carbons (Fsp3) is 0.391. The van der Waals surface area contributed by atoms with Crippen molar-refractivity contribution < 1.29 is 14.6 Å². The van der Waals surface area contributed by atoms with Crippen LogP contribution in [0.5, 0.6) is 5.88 Å². The lowest BCUT2D eigenvalue weighted by Crippen LogP contribution is -2.37. The highest BCUT2D eigenvalue weighted by atomic mass is 16.5. The van der Waals surface area contributed by atoms with Crippen LogP contribution in [0.4, 0.5) is 5.82 Å². The van der Waals surface area contributed by atoms with Crippen LogP contribution < -0.4 is 4.90 Å². The zero-order chi connectivity index (χ0) is 22.2. The Hall–Kier alpha value is -3.50. The summed E-state index contributed by atoms with van der Waals surface area (Å²) in [6, 6.07) is 9.48. The Morgan fingerprint density at radius 2 is 1.67 bits per heavy atom. The molecule has 2 saturated heterocycles. The van der Waals surface area contributed by atoms with Crippen molar-refractivity contribution in [3.8, 4) is 23.0 Å². The van der Waals surface area contributed by atoms with E-state index in [0.29, 0.717) is 24.7 Å². The van der Waals surface area contributed by atoms with E-state index in [1.807, 2.05) is 28.8 Å². The second-order valence-electron chi connectivity index (χ2n) is 8.33. The summed E-state index contributed by atoms with van der Waals surface area (Å²) in [5, 5.41) is 20.3. The van der Waals surface area contributed by atoms with Crippen molar-refractivity contribution in [1.82, 2.24) is 29.4 Å². The molecule has 0 aromatic carbocycles. The molecular weight excluding hydrogens is 422 g/mol. The average Bonchev–Trinajstić information content (AvgIpc) is 3.49. The Labute approximate surface area is 190 Å². The third kappa shape index (κ3) is 3.81. The van der Waals surface area contributed by atoms with Crippen molar-refractivity contribution in [2.75, 3.05) is 44.4 Å². The van der Waals surface area contributed by atoms with Gasteiger partial charge >= 0.3 is 0 Å². The van der Waals surface area contributed by atoms with E-state index in [2.05, 4.69) is 9.88 Å². The first-order chi connectivity index (χ1) is 16.3. The number of nitrogens with zero attached hydrogens (tertiary/aromatic N) is 7. The number of anilines is 1. The quantitative estimate of drug-likeness (QED) is 0.509. The number of morpholine rings is 1. The normalized spacial score (nSPS) is 17.6. The molecule has 2 fully saturated rings. The van der Waals surface area contributed by atoms with Crippen LogP contribution in [-0.4, -0.2) is 74.0 Å². The van der Waals surface area contributed by atoms with Gasteiger partial charge in [-0.2, -0.15) is 19.4 Å². The van der Waals surface area contributed by atoms with Gasteiger partial charge in [0.25, 0.3) is 0 Å². The molecule has 4 aromatic rings. The minimum Gasteiger partial charge on any atom is -0.493 e. The molecule has 0 atom stereocenters. The summed E-state index contributed by atoms with van der Waals surface area (Å²) in [5.74, 6) is 1.80. The second-order valence-corrected chi connectivity index (χ2v) is 8.33. The molecule has 2 aliphatic rings. The van der Waals surface area contributed by atoms with Crippen LogP contribution in [0.2, 0.25) is 0 Å². The van der Waals surface area contributed by atoms with E-state index < -0.39 is 0 Å². The lowest BCUT2D eigenvalue weighted by Gasteiger charge is -2.29. The number of rotatable bonds is 4. The number of fused-ring (bicyclic) bond motifs is 1. The maximum absolute atomic E-state index is 10.7. The molecular formula is C23H25N7O3. The predicted octanol–water partition coefficient (Wildman–Crippen LogP) is 2.41. The Morgan fingerprint density at radius 1 is 0.909 bits per heavy atom. The van der Waals surface area contributed by atoms with Gasteiger partial charge in [0.15, 0.2) is 11.5 Å². The minimum atomic E-state index is 0.0788. The molecule has 0 spiro atoms. The SMILES string of the molecule is Oc1cc(C2CCOCC2)nn1-c1cc(N2CCOCC2)n2nc(-c3ccncc3)cc2n1. The molecule has 10 heteroatoms.